The highest BCUT2D eigenvalue weighted by atomic mass is 16.5. The zero-order chi connectivity index (χ0) is 17.1. The summed E-state index contributed by atoms with van der Waals surface area (Å²) in [5, 5.41) is 18.0. The molecule has 0 amide bonds. The number of ether oxygens (including phenoxy) is 2. The minimum atomic E-state index is -0.122. The van der Waals surface area contributed by atoms with Gasteiger partial charge in [0.1, 0.15) is 35.0 Å². The van der Waals surface area contributed by atoms with Crippen LogP contribution in [-0.4, -0.2) is 12.9 Å². The molecule has 5 heteroatoms. The Labute approximate surface area is 139 Å². The second kappa shape index (κ2) is 6.28. The third kappa shape index (κ3) is 2.71. The van der Waals surface area contributed by atoms with E-state index in [-0.39, 0.29) is 17.8 Å². The smallest absolute Gasteiger partial charge is 0.168 e. The summed E-state index contributed by atoms with van der Waals surface area (Å²) in [6, 6.07) is 15.8. The third-order valence-corrected chi connectivity index (χ3v) is 3.77. The summed E-state index contributed by atoms with van der Waals surface area (Å²) < 4.78 is 10.8. The fourth-order valence-electron chi connectivity index (χ4n) is 2.59. The van der Waals surface area contributed by atoms with Gasteiger partial charge in [0.05, 0.1) is 7.11 Å². The van der Waals surface area contributed by atoms with Crippen molar-refractivity contribution in [3.63, 3.8) is 0 Å². The molecular formula is C19H12N2O3. The lowest BCUT2D eigenvalue weighted by atomic mass is 10.0. The molecule has 0 bridgehead atoms. The van der Waals surface area contributed by atoms with Gasteiger partial charge < -0.3 is 9.47 Å². The predicted molar refractivity (Wildman–Crippen MR) is 86.6 cm³/mol. The summed E-state index contributed by atoms with van der Waals surface area (Å²) in [5.41, 5.74) is 1.56. The average Bonchev–Trinajstić information content (AvgIpc) is 2.93. The number of ketones is 1. The molecule has 0 aromatic heterocycles. The van der Waals surface area contributed by atoms with Gasteiger partial charge in [-0.1, -0.05) is 6.07 Å². The topological polar surface area (TPSA) is 83.1 Å². The molecule has 0 N–H and O–H groups in total. The molecule has 0 unspecified atom stereocenters. The van der Waals surface area contributed by atoms with E-state index >= 15 is 0 Å². The summed E-state index contributed by atoms with van der Waals surface area (Å²) in [4.78, 5) is 12.2. The van der Waals surface area contributed by atoms with E-state index in [1.807, 2.05) is 12.1 Å². The Morgan fingerprint density at radius 2 is 1.58 bits per heavy atom. The number of carbonyl (C=O) groups excluding carboxylic acids is 1. The van der Waals surface area contributed by atoms with Gasteiger partial charge in [0.15, 0.2) is 5.78 Å². The lowest BCUT2D eigenvalue weighted by Crippen LogP contribution is -1.92. The number of Topliss-reactive ketones (excluding diaryl/α,β-unsaturated/α-hetero) is 1. The maximum absolute atomic E-state index is 12.2. The van der Waals surface area contributed by atoms with E-state index in [1.54, 1.807) is 49.6 Å². The van der Waals surface area contributed by atoms with E-state index in [0.29, 0.717) is 28.2 Å². The number of rotatable bonds is 3. The molecule has 24 heavy (non-hydrogen) atoms. The number of hydrogen-bond acceptors (Lipinski definition) is 5. The Morgan fingerprint density at radius 3 is 2.21 bits per heavy atom. The molecule has 1 aliphatic rings. The van der Waals surface area contributed by atoms with E-state index in [2.05, 4.69) is 0 Å². The zero-order valence-electron chi connectivity index (χ0n) is 12.9. The van der Waals surface area contributed by atoms with Gasteiger partial charge in [-0.05, 0) is 47.5 Å². The van der Waals surface area contributed by atoms with Crippen molar-refractivity contribution in [2.75, 3.05) is 7.11 Å². The summed E-state index contributed by atoms with van der Waals surface area (Å²) in [5.74, 6) is 1.74. The minimum Gasteiger partial charge on any atom is -0.497 e. The van der Waals surface area contributed by atoms with Crippen molar-refractivity contribution in [3.05, 3.63) is 59.2 Å². The summed E-state index contributed by atoms with van der Waals surface area (Å²) >= 11 is 0. The molecular weight excluding hydrogens is 304 g/mol. The van der Waals surface area contributed by atoms with Gasteiger partial charge in [0.25, 0.3) is 0 Å². The van der Waals surface area contributed by atoms with Crippen LogP contribution >= 0.6 is 0 Å². The van der Waals surface area contributed by atoms with Crippen molar-refractivity contribution in [2.24, 2.45) is 0 Å². The molecule has 0 atom stereocenters. The number of hydrogen-bond donors (Lipinski definition) is 0. The monoisotopic (exact) mass is 316 g/mol. The third-order valence-electron chi connectivity index (χ3n) is 3.77. The van der Waals surface area contributed by atoms with Gasteiger partial charge in [0.2, 0.25) is 0 Å². The van der Waals surface area contributed by atoms with E-state index in [1.165, 1.54) is 0 Å². The maximum atomic E-state index is 12.2. The number of benzene rings is 2. The zero-order valence-corrected chi connectivity index (χ0v) is 12.9. The standard InChI is InChI=1S/C19H12N2O3/c1-23-13-2-4-14(5-3-13)24-15-6-7-16-17(12(10-20)11-21)9-19(22)18(16)8-15/h2-8H,9H2,1H3. The van der Waals surface area contributed by atoms with E-state index in [4.69, 9.17) is 20.0 Å². The van der Waals surface area contributed by atoms with Gasteiger partial charge in [-0.2, -0.15) is 10.5 Å². The first-order valence-electron chi connectivity index (χ1n) is 7.19. The van der Waals surface area contributed by atoms with Gasteiger partial charge in [0, 0.05) is 12.0 Å². The van der Waals surface area contributed by atoms with E-state index in [0.717, 1.165) is 5.75 Å². The van der Waals surface area contributed by atoms with Crippen LogP contribution in [0.15, 0.2) is 48.0 Å². The molecule has 3 rings (SSSR count). The number of allylic oxidation sites excluding steroid dienone is 2. The van der Waals surface area contributed by atoms with E-state index < -0.39 is 0 Å². The highest BCUT2D eigenvalue weighted by molar-refractivity contribution is 6.13. The minimum absolute atomic E-state index is 0.0223. The largest absolute Gasteiger partial charge is 0.497 e. The van der Waals surface area contributed by atoms with Gasteiger partial charge in [-0.3, -0.25) is 4.79 Å². The Hall–Kier alpha value is -3.57. The van der Waals surface area contributed by atoms with Crippen LogP contribution in [0, 0.1) is 22.7 Å². The number of carbonyl (C=O) groups is 1. The molecule has 0 fully saturated rings. The van der Waals surface area contributed by atoms with Crippen molar-refractivity contribution < 1.29 is 14.3 Å². The molecule has 2 aromatic carbocycles. The summed E-state index contributed by atoms with van der Waals surface area (Å²) in [7, 11) is 1.59. The quantitative estimate of drug-likeness (QED) is 0.802. The second-order valence-electron chi connectivity index (χ2n) is 5.16. The van der Waals surface area contributed by atoms with Crippen LogP contribution in [0.5, 0.6) is 17.2 Å². The van der Waals surface area contributed by atoms with Crippen LogP contribution in [0.1, 0.15) is 22.3 Å². The molecule has 0 spiro atoms. The summed E-state index contributed by atoms with van der Waals surface area (Å²) in [6.07, 6.45) is 0.0672. The fraction of sp³-hybridized carbons (Fsp3) is 0.105. The Morgan fingerprint density at radius 1 is 0.958 bits per heavy atom. The molecule has 0 aliphatic heterocycles. The van der Waals surface area contributed by atoms with Crippen LogP contribution in [0.2, 0.25) is 0 Å². The summed E-state index contributed by atoms with van der Waals surface area (Å²) in [6.45, 7) is 0. The fourth-order valence-corrected chi connectivity index (χ4v) is 2.59. The lowest BCUT2D eigenvalue weighted by molar-refractivity contribution is 0.100. The highest BCUT2D eigenvalue weighted by Crippen LogP contribution is 2.37. The molecule has 1 aliphatic carbocycles. The van der Waals surface area contributed by atoms with Gasteiger partial charge >= 0.3 is 0 Å². The van der Waals surface area contributed by atoms with Gasteiger partial charge in [-0.25, -0.2) is 0 Å². The average molecular weight is 316 g/mol. The molecule has 116 valence electrons. The Kier molecular flexibility index (Phi) is 4.01. The first kappa shape index (κ1) is 15.3. The van der Waals surface area contributed by atoms with Gasteiger partial charge in [-0.15, -0.1) is 0 Å². The van der Waals surface area contributed by atoms with E-state index in [9.17, 15) is 4.79 Å². The number of methoxy groups -OCH3 is 1. The molecule has 0 heterocycles. The van der Waals surface area contributed by atoms with Crippen molar-refractivity contribution in [1.82, 2.24) is 0 Å². The molecule has 0 saturated carbocycles. The maximum Gasteiger partial charge on any atom is 0.168 e. The lowest BCUT2D eigenvalue weighted by Gasteiger charge is -2.08. The van der Waals surface area contributed by atoms with Crippen molar-refractivity contribution in [3.8, 4) is 29.4 Å². The van der Waals surface area contributed by atoms with Crippen LogP contribution < -0.4 is 9.47 Å². The van der Waals surface area contributed by atoms with Crippen LogP contribution in [0.25, 0.3) is 5.57 Å². The Bertz CT molecular complexity index is 913. The van der Waals surface area contributed by atoms with Crippen molar-refractivity contribution in [1.29, 1.82) is 10.5 Å². The van der Waals surface area contributed by atoms with Crippen LogP contribution in [0.4, 0.5) is 0 Å². The second-order valence-corrected chi connectivity index (χ2v) is 5.16. The predicted octanol–water partition coefficient (Wildman–Crippen LogP) is 3.87. The normalized spacial score (nSPS) is 12.1. The van der Waals surface area contributed by atoms with Crippen molar-refractivity contribution >= 4 is 11.4 Å². The van der Waals surface area contributed by atoms with Crippen molar-refractivity contribution in [2.45, 2.75) is 6.42 Å². The SMILES string of the molecule is COc1ccc(Oc2ccc3c(c2)C(=O)CC3=C(C#N)C#N)cc1. The number of nitrogens with zero attached hydrogens (tertiary/aromatic N) is 2. The molecule has 2 aromatic rings. The number of nitriles is 2. The first-order chi connectivity index (χ1) is 11.7. The first-order valence-corrected chi connectivity index (χ1v) is 7.19. The van der Waals surface area contributed by atoms with Crippen LogP contribution in [0.3, 0.4) is 0 Å². The Balaban J connectivity index is 1.94. The number of fused-ring (bicyclic) bond motifs is 1. The highest BCUT2D eigenvalue weighted by Gasteiger charge is 2.27. The molecule has 0 saturated heterocycles. The molecule has 0 radical (unpaired) electrons. The molecule has 5 nitrogen and oxygen atoms in total. The van der Waals surface area contributed by atoms with Crippen LogP contribution in [-0.2, 0) is 0 Å².